The Hall–Kier alpha value is -3.47. The second-order valence-corrected chi connectivity index (χ2v) is 6.38. The number of aromatic nitrogens is 2. The molecule has 0 bridgehead atoms. The van der Waals surface area contributed by atoms with Crippen molar-refractivity contribution >= 4 is 17.4 Å². The summed E-state index contributed by atoms with van der Waals surface area (Å²) in [4.78, 5) is 35.2. The number of methoxy groups -OCH3 is 1. The van der Waals surface area contributed by atoms with E-state index in [1.807, 2.05) is 5.01 Å². The van der Waals surface area contributed by atoms with E-state index in [1.165, 1.54) is 36.1 Å². The second kappa shape index (κ2) is 8.69. The van der Waals surface area contributed by atoms with Crippen LogP contribution in [0.3, 0.4) is 0 Å². The molecule has 1 fully saturated rings. The average Bonchev–Trinajstić information content (AvgIpc) is 3.04. The number of H-pyrrole nitrogens is 1. The average molecular weight is 403 g/mol. The maximum Gasteiger partial charge on any atom is 0.311 e. The highest BCUT2D eigenvalue weighted by Gasteiger charge is 2.22. The first kappa shape index (κ1) is 20.3. The molecule has 11 heteroatoms. The Morgan fingerprint density at radius 1 is 1.31 bits per heavy atom. The molecule has 0 aliphatic carbocycles. The number of aromatic amines is 1. The predicted octanol–water partition coefficient (Wildman–Crippen LogP) is 0.845. The van der Waals surface area contributed by atoms with Crippen LogP contribution in [-0.2, 0) is 20.7 Å². The summed E-state index contributed by atoms with van der Waals surface area (Å²) in [5.41, 5.74) is 0.973. The minimum absolute atomic E-state index is 0.0894. The van der Waals surface area contributed by atoms with E-state index in [0.717, 1.165) is 0 Å². The molecule has 1 N–H and O–H groups in total. The molecular weight excluding hydrogens is 382 g/mol. The number of esters is 1. The molecule has 1 aromatic heterocycles. The van der Waals surface area contributed by atoms with Gasteiger partial charge >= 0.3 is 5.97 Å². The molecule has 0 saturated carbocycles. The van der Waals surface area contributed by atoms with Crippen molar-refractivity contribution < 1.29 is 19.2 Å². The van der Waals surface area contributed by atoms with Crippen molar-refractivity contribution in [2.75, 3.05) is 33.4 Å². The number of ether oxygens (including phenoxy) is 2. The first-order valence-corrected chi connectivity index (χ1v) is 8.94. The van der Waals surface area contributed by atoms with Gasteiger partial charge in [-0.05, 0) is 19.1 Å². The van der Waals surface area contributed by atoms with Crippen molar-refractivity contribution in [2.45, 2.75) is 13.3 Å². The molecule has 0 unspecified atom stereocenters. The monoisotopic (exact) mass is 403 g/mol. The highest BCUT2D eigenvalue weighted by molar-refractivity contribution is 6.00. The number of carbonyl (C=O) groups excluding carboxylic acids is 1. The van der Waals surface area contributed by atoms with E-state index >= 15 is 0 Å². The van der Waals surface area contributed by atoms with E-state index in [9.17, 15) is 19.7 Å². The summed E-state index contributed by atoms with van der Waals surface area (Å²) in [5, 5.41) is 20.1. The largest absolute Gasteiger partial charge is 0.469 e. The molecule has 154 valence electrons. The van der Waals surface area contributed by atoms with Crippen molar-refractivity contribution in [3.8, 4) is 5.69 Å². The van der Waals surface area contributed by atoms with E-state index in [1.54, 1.807) is 6.92 Å². The van der Waals surface area contributed by atoms with Crippen molar-refractivity contribution in [1.29, 1.82) is 0 Å². The molecule has 0 radical (unpaired) electrons. The van der Waals surface area contributed by atoms with Gasteiger partial charge in [0, 0.05) is 12.1 Å². The fourth-order valence-corrected chi connectivity index (χ4v) is 3.02. The summed E-state index contributed by atoms with van der Waals surface area (Å²) in [6.07, 6.45) is -0.142. The van der Waals surface area contributed by atoms with Crippen LogP contribution in [0.25, 0.3) is 5.69 Å². The highest BCUT2D eigenvalue weighted by atomic mass is 16.6. The number of nitrogens with one attached hydrogen (secondary N) is 1. The number of carbonyl (C=O) groups is 1. The third-order valence-corrected chi connectivity index (χ3v) is 4.47. The smallest absolute Gasteiger partial charge is 0.311 e. The van der Waals surface area contributed by atoms with E-state index in [0.29, 0.717) is 43.4 Å². The number of morpholine rings is 1. The molecule has 2 aromatic rings. The van der Waals surface area contributed by atoms with Gasteiger partial charge in [-0.3, -0.25) is 29.8 Å². The number of rotatable bonds is 6. The molecule has 0 spiro atoms. The number of non-ortho nitro benzene ring substituents is 1. The van der Waals surface area contributed by atoms with Crippen LogP contribution >= 0.6 is 0 Å². The lowest BCUT2D eigenvalue weighted by Gasteiger charge is -2.24. The van der Waals surface area contributed by atoms with Gasteiger partial charge in [-0.2, -0.15) is 5.10 Å². The van der Waals surface area contributed by atoms with E-state index < -0.39 is 16.5 Å². The van der Waals surface area contributed by atoms with Gasteiger partial charge in [0.2, 0.25) is 0 Å². The number of hydrazone groups is 1. The van der Waals surface area contributed by atoms with Crippen molar-refractivity contribution in [1.82, 2.24) is 14.8 Å². The Morgan fingerprint density at radius 3 is 2.55 bits per heavy atom. The molecule has 3 rings (SSSR count). The van der Waals surface area contributed by atoms with Crippen LogP contribution in [0.2, 0.25) is 0 Å². The minimum Gasteiger partial charge on any atom is -0.469 e. The zero-order valence-electron chi connectivity index (χ0n) is 16.1. The number of nitrogens with zero attached hydrogens (tertiary/aromatic N) is 4. The topological polar surface area (TPSA) is 132 Å². The Kier molecular flexibility index (Phi) is 6.07. The molecule has 1 aliphatic heterocycles. The summed E-state index contributed by atoms with van der Waals surface area (Å²) in [5.74, 6) is -0.512. The van der Waals surface area contributed by atoms with Gasteiger partial charge < -0.3 is 9.47 Å². The van der Waals surface area contributed by atoms with Crippen LogP contribution in [0.15, 0.2) is 34.2 Å². The number of nitro groups is 1. The Bertz CT molecular complexity index is 985. The highest BCUT2D eigenvalue weighted by Crippen LogP contribution is 2.16. The summed E-state index contributed by atoms with van der Waals surface area (Å²) in [6.45, 7) is 3.99. The maximum absolute atomic E-state index is 13.1. The van der Waals surface area contributed by atoms with Gasteiger partial charge in [0.1, 0.15) is 0 Å². The number of benzene rings is 1. The van der Waals surface area contributed by atoms with Gasteiger partial charge in [0.25, 0.3) is 11.2 Å². The van der Waals surface area contributed by atoms with E-state index in [-0.39, 0.29) is 17.7 Å². The van der Waals surface area contributed by atoms with Crippen LogP contribution in [0.4, 0.5) is 5.69 Å². The van der Waals surface area contributed by atoms with Crippen LogP contribution in [0, 0.1) is 10.1 Å². The summed E-state index contributed by atoms with van der Waals surface area (Å²) in [7, 11) is 1.27. The van der Waals surface area contributed by atoms with Crippen molar-refractivity contribution in [2.24, 2.45) is 5.10 Å². The lowest BCUT2D eigenvalue weighted by molar-refractivity contribution is -0.384. The molecule has 0 amide bonds. The molecule has 1 aliphatic rings. The van der Waals surface area contributed by atoms with Crippen LogP contribution < -0.4 is 5.56 Å². The van der Waals surface area contributed by atoms with Crippen LogP contribution in [-0.4, -0.2) is 64.8 Å². The molecular formula is C18H21N5O6. The lowest BCUT2D eigenvalue weighted by Crippen LogP contribution is -2.33. The standard InChI is InChI=1S/C18H21N5O6/c1-12(19-21-7-9-29-10-8-21)17-15(11-16(24)28-2)20-22(18(17)25)13-3-5-14(6-4-13)23(26)27/h3-6,20H,7-11H2,1-2H3. The van der Waals surface area contributed by atoms with Crippen LogP contribution in [0.1, 0.15) is 18.2 Å². The first-order chi connectivity index (χ1) is 13.9. The molecule has 2 heterocycles. The zero-order chi connectivity index (χ0) is 21.0. The molecule has 11 nitrogen and oxygen atoms in total. The van der Waals surface area contributed by atoms with Gasteiger partial charge in [-0.1, -0.05) is 0 Å². The quantitative estimate of drug-likeness (QED) is 0.327. The number of nitro benzene ring substituents is 1. The van der Waals surface area contributed by atoms with Crippen molar-refractivity contribution in [3.05, 3.63) is 56.0 Å². The van der Waals surface area contributed by atoms with Gasteiger partial charge in [0.15, 0.2) is 0 Å². The lowest BCUT2D eigenvalue weighted by atomic mass is 10.1. The summed E-state index contributed by atoms with van der Waals surface area (Å²) in [6, 6.07) is 5.51. The molecule has 1 saturated heterocycles. The zero-order valence-corrected chi connectivity index (χ0v) is 16.1. The van der Waals surface area contributed by atoms with Crippen LogP contribution in [0.5, 0.6) is 0 Å². The molecule has 29 heavy (non-hydrogen) atoms. The Morgan fingerprint density at radius 2 is 1.97 bits per heavy atom. The minimum atomic E-state index is -0.519. The molecule has 0 atom stereocenters. The summed E-state index contributed by atoms with van der Waals surface area (Å²) < 4.78 is 11.3. The predicted molar refractivity (Wildman–Crippen MR) is 103 cm³/mol. The second-order valence-electron chi connectivity index (χ2n) is 6.38. The third-order valence-electron chi connectivity index (χ3n) is 4.47. The number of hydrogen-bond donors (Lipinski definition) is 1. The number of hydrogen-bond acceptors (Lipinski definition) is 8. The van der Waals surface area contributed by atoms with Gasteiger partial charge in [-0.15, -0.1) is 0 Å². The molecule has 1 aromatic carbocycles. The van der Waals surface area contributed by atoms with Gasteiger partial charge in [0.05, 0.1) is 67.4 Å². The third kappa shape index (κ3) is 4.51. The van der Waals surface area contributed by atoms with E-state index in [2.05, 4.69) is 10.2 Å². The van der Waals surface area contributed by atoms with Crippen molar-refractivity contribution in [3.63, 3.8) is 0 Å². The fourth-order valence-electron chi connectivity index (χ4n) is 3.02. The van der Waals surface area contributed by atoms with Gasteiger partial charge in [-0.25, -0.2) is 4.68 Å². The Balaban J connectivity index is 2.03. The fraction of sp³-hybridized carbons (Fsp3) is 0.389. The Labute approximate surface area is 165 Å². The SMILES string of the molecule is COC(=O)Cc1[nH]n(-c2ccc([N+](=O)[O-])cc2)c(=O)c1C(C)=NN1CCOCC1. The normalized spacial score (nSPS) is 14.7. The summed E-state index contributed by atoms with van der Waals surface area (Å²) >= 11 is 0. The first-order valence-electron chi connectivity index (χ1n) is 8.94. The van der Waals surface area contributed by atoms with E-state index in [4.69, 9.17) is 9.47 Å². The maximum atomic E-state index is 13.1.